The summed E-state index contributed by atoms with van der Waals surface area (Å²) in [6.07, 6.45) is 0. The number of imide groups is 1. The predicted octanol–water partition coefficient (Wildman–Crippen LogP) is 3.22. The molecule has 0 aliphatic carbocycles. The molecule has 1 saturated heterocycles. The molecule has 0 spiro atoms. The Morgan fingerprint density at radius 2 is 1.84 bits per heavy atom. The van der Waals surface area contributed by atoms with E-state index in [1.807, 2.05) is 0 Å². The first-order valence-electron chi connectivity index (χ1n) is 8.82. The fourth-order valence-electron chi connectivity index (χ4n) is 3.15. The molecule has 11 heteroatoms. The Labute approximate surface area is 173 Å². The zero-order valence-corrected chi connectivity index (χ0v) is 16.2. The maximum Gasteiger partial charge on any atom is 0.387 e. The molecule has 1 aliphatic heterocycles. The fraction of sp³-hybridized carbons (Fsp3) is 0.250. The molecule has 2 aromatic rings. The zero-order valence-electron chi connectivity index (χ0n) is 16.2. The van der Waals surface area contributed by atoms with Crippen molar-refractivity contribution in [3.05, 3.63) is 59.2 Å². The van der Waals surface area contributed by atoms with Gasteiger partial charge in [-0.1, -0.05) is 6.07 Å². The summed E-state index contributed by atoms with van der Waals surface area (Å²) < 4.78 is 61.3. The van der Waals surface area contributed by atoms with Gasteiger partial charge in [-0.15, -0.1) is 0 Å². The summed E-state index contributed by atoms with van der Waals surface area (Å²) >= 11 is 0. The van der Waals surface area contributed by atoms with Gasteiger partial charge in [-0.05, 0) is 36.8 Å². The lowest BCUT2D eigenvalue weighted by molar-refractivity contribution is -0.130. The lowest BCUT2D eigenvalue weighted by atomic mass is 9.91. The number of hydrogen-bond acceptors (Lipinski definition) is 5. The van der Waals surface area contributed by atoms with Crippen LogP contribution in [0, 0.1) is 11.6 Å². The summed E-state index contributed by atoms with van der Waals surface area (Å²) in [6, 6.07) is 5.05. The second kappa shape index (κ2) is 8.25. The average Bonchev–Trinajstić information content (AvgIpc) is 2.91. The normalized spacial score (nSPS) is 18.4. The van der Waals surface area contributed by atoms with Gasteiger partial charge in [-0.25, -0.2) is 13.6 Å². The number of amides is 3. The lowest BCUT2D eigenvalue weighted by Crippen LogP contribution is -2.41. The van der Waals surface area contributed by atoms with Gasteiger partial charge >= 0.3 is 12.6 Å². The lowest BCUT2D eigenvalue weighted by Gasteiger charge is -2.23. The van der Waals surface area contributed by atoms with E-state index in [0.29, 0.717) is 11.0 Å². The van der Waals surface area contributed by atoms with Gasteiger partial charge in [0.1, 0.15) is 17.2 Å². The molecule has 164 valence electrons. The van der Waals surface area contributed by atoms with Gasteiger partial charge in [-0.2, -0.15) is 8.78 Å². The Bertz CT molecular complexity index is 1060. The van der Waals surface area contributed by atoms with Crippen molar-refractivity contribution in [1.82, 2.24) is 10.2 Å². The van der Waals surface area contributed by atoms with Gasteiger partial charge in [0.2, 0.25) is 0 Å². The number of ether oxygens (including phenoxy) is 2. The van der Waals surface area contributed by atoms with Crippen molar-refractivity contribution in [1.29, 1.82) is 0 Å². The van der Waals surface area contributed by atoms with Crippen LogP contribution in [0.5, 0.6) is 11.5 Å². The third-order valence-electron chi connectivity index (χ3n) is 4.77. The van der Waals surface area contributed by atoms with Crippen molar-refractivity contribution in [2.75, 3.05) is 13.7 Å². The van der Waals surface area contributed by atoms with Gasteiger partial charge in [-0.3, -0.25) is 14.5 Å². The Balaban J connectivity index is 1.87. The van der Waals surface area contributed by atoms with Crippen molar-refractivity contribution in [3.8, 4) is 11.5 Å². The quantitative estimate of drug-likeness (QED) is 0.406. The summed E-state index contributed by atoms with van der Waals surface area (Å²) in [4.78, 5) is 38.3. The van der Waals surface area contributed by atoms with Crippen LogP contribution in [0.25, 0.3) is 0 Å². The molecule has 2 aromatic carbocycles. The van der Waals surface area contributed by atoms with E-state index >= 15 is 0 Å². The van der Waals surface area contributed by atoms with Crippen molar-refractivity contribution in [2.45, 2.75) is 19.1 Å². The first-order valence-corrected chi connectivity index (χ1v) is 8.82. The van der Waals surface area contributed by atoms with Crippen LogP contribution >= 0.6 is 0 Å². The van der Waals surface area contributed by atoms with Crippen LogP contribution in [0.2, 0.25) is 0 Å². The number of halogens is 4. The van der Waals surface area contributed by atoms with Gasteiger partial charge in [0.25, 0.3) is 5.91 Å². The van der Waals surface area contributed by atoms with E-state index in [1.165, 1.54) is 26.2 Å². The molecule has 0 bridgehead atoms. The molecular formula is C20H16F4N2O5. The zero-order chi connectivity index (χ0) is 22.9. The molecule has 1 heterocycles. The highest BCUT2D eigenvalue weighted by Crippen LogP contribution is 2.36. The molecule has 1 N–H and O–H groups in total. The number of rotatable bonds is 7. The molecule has 1 aliphatic rings. The summed E-state index contributed by atoms with van der Waals surface area (Å²) in [5.41, 5.74) is -1.96. The maximum absolute atomic E-state index is 13.9. The minimum Gasteiger partial charge on any atom is -0.493 e. The number of alkyl halides is 2. The number of carbonyl (C=O) groups excluding carboxylic acids is 3. The smallest absolute Gasteiger partial charge is 0.387 e. The number of urea groups is 1. The second-order valence-corrected chi connectivity index (χ2v) is 6.74. The summed E-state index contributed by atoms with van der Waals surface area (Å²) in [7, 11) is 1.21. The van der Waals surface area contributed by atoms with Crippen LogP contribution in [-0.4, -0.2) is 42.9 Å². The Morgan fingerprint density at radius 3 is 2.45 bits per heavy atom. The number of nitrogens with zero attached hydrogens (tertiary/aromatic N) is 1. The molecule has 3 rings (SSSR count). The highest BCUT2D eigenvalue weighted by molar-refractivity contribution is 6.11. The molecule has 1 unspecified atom stereocenters. The number of ketones is 1. The minimum absolute atomic E-state index is 0.107. The third-order valence-corrected chi connectivity index (χ3v) is 4.77. The molecule has 3 amide bonds. The average molecular weight is 440 g/mol. The van der Waals surface area contributed by atoms with Gasteiger partial charge in [0, 0.05) is 6.07 Å². The van der Waals surface area contributed by atoms with Crippen LogP contribution in [0.4, 0.5) is 22.4 Å². The van der Waals surface area contributed by atoms with E-state index in [0.717, 1.165) is 18.2 Å². The van der Waals surface area contributed by atoms with Crippen molar-refractivity contribution in [2.24, 2.45) is 0 Å². The Morgan fingerprint density at radius 1 is 1.13 bits per heavy atom. The van der Waals surface area contributed by atoms with Gasteiger partial charge < -0.3 is 14.8 Å². The molecular weight excluding hydrogens is 424 g/mol. The van der Waals surface area contributed by atoms with Crippen molar-refractivity contribution >= 4 is 17.7 Å². The monoisotopic (exact) mass is 440 g/mol. The van der Waals surface area contributed by atoms with Gasteiger partial charge in [0.05, 0.1) is 19.2 Å². The number of benzene rings is 2. The molecule has 0 aromatic heterocycles. The first kappa shape index (κ1) is 22.1. The molecule has 1 atom stereocenters. The number of carbonyl (C=O) groups is 3. The van der Waals surface area contributed by atoms with Crippen LogP contribution in [-0.2, 0) is 10.3 Å². The van der Waals surface area contributed by atoms with E-state index in [4.69, 9.17) is 4.74 Å². The maximum atomic E-state index is 13.9. The third kappa shape index (κ3) is 4.16. The first-order chi connectivity index (χ1) is 14.6. The molecule has 7 nitrogen and oxygen atoms in total. The SMILES string of the molecule is COc1cc(C2(C)NC(=O)N(CC(=O)c3ccc(F)cc3F)C2=O)ccc1OC(F)F. The molecule has 0 radical (unpaired) electrons. The van der Waals surface area contributed by atoms with Crippen LogP contribution in [0.1, 0.15) is 22.8 Å². The fourth-order valence-corrected chi connectivity index (χ4v) is 3.15. The van der Waals surface area contributed by atoms with Crippen molar-refractivity contribution in [3.63, 3.8) is 0 Å². The van der Waals surface area contributed by atoms with Crippen LogP contribution in [0.3, 0.4) is 0 Å². The number of nitrogens with one attached hydrogen (secondary N) is 1. The molecule has 31 heavy (non-hydrogen) atoms. The summed E-state index contributed by atoms with van der Waals surface area (Å²) in [5, 5.41) is 2.43. The highest BCUT2D eigenvalue weighted by Gasteiger charge is 2.49. The predicted molar refractivity (Wildman–Crippen MR) is 97.9 cm³/mol. The van der Waals surface area contributed by atoms with E-state index < -0.39 is 53.6 Å². The van der Waals surface area contributed by atoms with E-state index in [9.17, 15) is 31.9 Å². The van der Waals surface area contributed by atoms with Crippen LogP contribution < -0.4 is 14.8 Å². The summed E-state index contributed by atoms with van der Waals surface area (Å²) in [6.45, 7) is -2.54. The molecule has 0 saturated carbocycles. The topological polar surface area (TPSA) is 84.9 Å². The highest BCUT2D eigenvalue weighted by atomic mass is 19.3. The number of hydrogen-bond donors (Lipinski definition) is 1. The minimum atomic E-state index is -3.10. The second-order valence-electron chi connectivity index (χ2n) is 6.74. The van der Waals surface area contributed by atoms with E-state index in [-0.39, 0.29) is 17.1 Å². The van der Waals surface area contributed by atoms with E-state index in [2.05, 4.69) is 10.1 Å². The Kier molecular flexibility index (Phi) is 5.87. The Hall–Kier alpha value is -3.63. The van der Waals surface area contributed by atoms with Crippen LogP contribution in [0.15, 0.2) is 36.4 Å². The number of methoxy groups -OCH3 is 1. The van der Waals surface area contributed by atoms with Crippen molar-refractivity contribution < 1.29 is 41.4 Å². The number of Topliss-reactive ketones (excluding diaryl/α,β-unsaturated/α-hetero) is 1. The van der Waals surface area contributed by atoms with E-state index in [1.54, 1.807) is 0 Å². The molecule has 1 fully saturated rings. The van der Waals surface area contributed by atoms with Gasteiger partial charge in [0.15, 0.2) is 17.3 Å². The standard InChI is InChI=1S/C20H16F4N2O5/c1-20(10-3-6-15(31-18(23)24)16(7-10)30-2)17(28)26(19(29)25-20)9-14(27)12-5-4-11(21)8-13(12)22/h3-8,18H,9H2,1-2H3,(H,25,29). The summed E-state index contributed by atoms with van der Waals surface area (Å²) in [5.74, 6) is -4.14. The largest absolute Gasteiger partial charge is 0.493 e.